The Kier molecular flexibility index (Phi) is 3.57. The molecule has 0 bridgehead atoms. The molecule has 0 unspecified atom stereocenters. The van der Waals surface area contributed by atoms with Crippen molar-refractivity contribution >= 4 is 0 Å². The fourth-order valence-electron chi connectivity index (χ4n) is 2.16. The van der Waals surface area contributed by atoms with Crippen LogP contribution in [0, 0.1) is 5.92 Å². The first-order valence-corrected chi connectivity index (χ1v) is 5.38. The van der Waals surface area contributed by atoms with Gasteiger partial charge in [-0.05, 0) is 46.1 Å². The van der Waals surface area contributed by atoms with Crippen molar-refractivity contribution in [3.8, 4) is 0 Å². The second kappa shape index (κ2) is 4.27. The molecule has 0 amide bonds. The Hall–Kier alpha value is -0.0400. The molecule has 1 fully saturated rings. The molecule has 72 valence electrons. The standard InChI is InChI=1S/C11H23N/c1-5-11(10-7-6-8-10)12(4)9(2)3/h9-11H,5-8H2,1-4H3/t11-/m0/s1. The van der Waals surface area contributed by atoms with Crippen molar-refractivity contribution in [3.05, 3.63) is 0 Å². The van der Waals surface area contributed by atoms with Crippen molar-refractivity contribution in [1.82, 2.24) is 4.90 Å². The van der Waals surface area contributed by atoms with E-state index in [1.165, 1.54) is 25.7 Å². The number of rotatable bonds is 4. The molecule has 0 saturated heterocycles. The molecule has 1 nitrogen and oxygen atoms in total. The maximum atomic E-state index is 2.55. The summed E-state index contributed by atoms with van der Waals surface area (Å²) < 4.78 is 0. The zero-order valence-corrected chi connectivity index (χ0v) is 9.01. The summed E-state index contributed by atoms with van der Waals surface area (Å²) in [5.41, 5.74) is 0. The van der Waals surface area contributed by atoms with Crippen LogP contribution in [0.3, 0.4) is 0 Å². The summed E-state index contributed by atoms with van der Waals surface area (Å²) in [4.78, 5) is 2.55. The summed E-state index contributed by atoms with van der Waals surface area (Å²) in [6.45, 7) is 6.91. The number of nitrogens with zero attached hydrogens (tertiary/aromatic N) is 1. The highest BCUT2D eigenvalue weighted by Gasteiger charge is 2.29. The smallest absolute Gasteiger partial charge is 0.0120 e. The Labute approximate surface area is 77.1 Å². The first-order chi connectivity index (χ1) is 5.66. The van der Waals surface area contributed by atoms with Crippen molar-refractivity contribution in [2.24, 2.45) is 5.92 Å². The lowest BCUT2D eigenvalue weighted by atomic mass is 9.78. The van der Waals surface area contributed by atoms with Crippen molar-refractivity contribution in [3.63, 3.8) is 0 Å². The van der Waals surface area contributed by atoms with Crippen LogP contribution in [0.4, 0.5) is 0 Å². The zero-order chi connectivity index (χ0) is 9.14. The molecule has 0 aliphatic heterocycles. The van der Waals surface area contributed by atoms with Crippen LogP contribution in [0.2, 0.25) is 0 Å². The quantitative estimate of drug-likeness (QED) is 0.625. The largest absolute Gasteiger partial charge is 0.301 e. The van der Waals surface area contributed by atoms with Crippen LogP contribution in [0.1, 0.15) is 46.5 Å². The average Bonchev–Trinajstić information content (AvgIpc) is 1.94. The van der Waals surface area contributed by atoms with Crippen LogP contribution in [-0.4, -0.2) is 24.0 Å². The van der Waals surface area contributed by atoms with Crippen LogP contribution >= 0.6 is 0 Å². The minimum atomic E-state index is 0.704. The highest BCUT2D eigenvalue weighted by Crippen LogP contribution is 2.33. The SMILES string of the molecule is CC[C@@H](C1CCC1)N(C)C(C)C. The lowest BCUT2D eigenvalue weighted by molar-refractivity contribution is 0.0909. The third kappa shape index (κ3) is 2.01. The van der Waals surface area contributed by atoms with Gasteiger partial charge in [0.25, 0.3) is 0 Å². The van der Waals surface area contributed by atoms with Gasteiger partial charge in [-0.2, -0.15) is 0 Å². The third-order valence-corrected chi connectivity index (χ3v) is 3.45. The van der Waals surface area contributed by atoms with Crippen LogP contribution in [0.25, 0.3) is 0 Å². The summed E-state index contributed by atoms with van der Waals surface area (Å²) in [6, 6.07) is 1.55. The van der Waals surface area contributed by atoms with E-state index >= 15 is 0 Å². The molecule has 0 radical (unpaired) electrons. The summed E-state index contributed by atoms with van der Waals surface area (Å²) in [6.07, 6.45) is 5.72. The lowest BCUT2D eigenvalue weighted by Crippen LogP contribution is -2.43. The van der Waals surface area contributed by atoms with Crippen molar-refractivity contribution in [1.29, 1.82) is 0 Å². The van der Waals surface area contributed by atoms with Crippen LogP contribution in [-0.2, 0) is 0 Å². The average molecular weight is 169 g/mol. The van der Waals surface area contributed by atoms with E-state index in [0.717, 1.165) is 12.0 Å². The third-order valence-electron chi connectivity index (χ3n) is 3.45. The van der Waals surface area contributed by atoms with E-state index < -0.39 is 0 Å². The van der Waals surface area contributed by atoms with Gasteiger partial charge in [0, 0.05) is 12.1 Å². The molecular weight excluding hydrogens is 146 g/mol. The van der Waals surface area contributed by atoms with Gasteiger partial charge in [-0.3, -0.25) is 0 Å². The Morgan fingerprint density at radius 3 is 2.17 bits per heavy atom. The molecule has 1 aliphatic rings. The highest BCUT2D eigenvalue weighted by molar-refractivity contribution is 4.83. The monoisotopic (exact) mass is 169 g/mol. The van der Waals surface area contributed by atoms with Crippen molar-refractivity contribution < 1.29 is 0 Å². The molecule has 1 rings (SSSR count). The lowest BCUT2D eigenvalue weighted by Gasteiger charge is -2.41. The van der Waals surface area contributed by atoms with Gasteiger partial charge >= 0.3 is 0 Å². The molecule has 0 N–H and O–H groups in total. The van der Waals surface area contributed by atoms with E-state index in [1.807, 2.05) is 0 Å². The van der Waals surface area contributed by atoms with Gasteiger partial charge in [-0.25, -0.2) is 0 Å². The minimum Gasteiger partial charge on any atom is -0.301 e. The van der Waals surface area contributed by atoms with Crippen LogP contribution in [0.5, 0.6) is 0 Å². The topological polar surface area (TPSA) is 3.24 Å². The summed E-state index contributed by atoms with van der Waals surface area (Å²) in [5.74, 6) is 1.00. The van der Waals surface area contributed by atoms with Gasteiger partial charge in [0.1, 0.15) is 0 Å². The van der Waals surface area contributed by atoms with Gasteiger partial charge < -0.3 is 4.90 Å². The van der Waals surface area contributed by atoms with Gasteiger partial charge in [0.2, 0.25) is 0 Å². The summed E-state index contributed by atoms with van der Waals surface area (Å²) in [7, 11) is 2.27. The van der Waals surface area contributed by atoms with Crippen LogP contribution < -0.4 is 0 Å². The molecule has 0 spiro atoms. The molecule has 1 aliphatic carbocycles. The molecule has 0 heterocycles. The molecule has 1 heteroatoms. The number of hydrogen-bond acceptors (Lipinski definition) is 1. The predicted molar refractivity (Wildman–Crippen MR) is 54.3 cm³/mol. The Morgan fingerprint density at radius 1 is 1.33 bits per heavy atom. The maximum absolute atomic E-state index is 2.55. The normalized spacial score (nSPS) is 21.5. The fraction of sp³-hybridized carbons (Fsp3) is 1.00. The van der Waals surface area contributed by atoms with Crippen molar-refractivity contribution in [2.45, 2.75) is 58.5 Å². The second-order valence-electron chi connectivity index (χ2n) is 4.43. The summed E-state index contributed by atoms with van der Waals surface area (Å²) >= 11 is 0. The van der Waals surface area contributed by atoms with E-state index in [1.54, 1.807) is 0 Å². The first-order valence-electron chi connectivity index (χ1n) is 5.38. The van der Waals surface area contributed by atoms with E-state index in [-0.39, 0.29) is 0 Å². The Bertz CT molecular complexity index is 127. The Morgan fingerprint density at radius 2 is 1.92 bits per heavy atom. The maximum Gasteiger partial charge on any atom is 0.0120 e. The Balaban J connectivity index is 2.42. The summed E-state index contributed by atoms with van der Waals surface area (Å²) in [5, 5.41) is 0. The van der Waals surface area contributed by atoms with E-state index in [4.69, 9.17) is 0 Å². The first kappa shape index (κ1) is 10.0. The minimum absolute atomic E-state index is 0.704. The number of hydrogen-bond donors (Lipinski definition) is 0. The van der Waals surface area contributed by atoms with Gasteiger partial charge in [-0.15, -0.1) is 0 Å². The van der Waals surface area contributed by atoms with Crippen LogP contribution in [0.15, 0.2) is 0 Å². The molecule has 12 heavy (non-hydrogen) atoms. The van der Waals surface area contributed by atoms with Gasteiger partial charge in [0.05, 0.1) is 0 Å². The van der Waals surface area contributed by atoms with E-state index in [2.05, 4.69) is 32.7 Å². The molecule has 0 aromatic rings. The van der Waals surface area contributed by atoms with E-state index in [0.29, 0.717) is 6.04 Å². The molecular formula is C11H23N. The zero-order valence-electron chi connectivity index (χ0n) is 9.01. The van der Waals surface area contributed by atoms with Gasteiger partial charge in [-0.1, -0.05) is 13.3 Å². The van der Waals surface area contributed by atoms with Gasteiger partial charge in [0.15, 0.2) is 0 Å². The van der Waals surface area contributed by atoms with Crippen molar-refractivity contribution in [2.75, 3.05) is 7.05 Å². The predicted octanol–water partition coefficient (Wildman–Crippen LogP) is 2.91. The second-order valence-corrected chi connectivity index (χ2v) is 4.43. The molecule has 1 atom stereocenters. The fourth-order valence-corrected chi connectivity index (χ4v) is 2.16. The highest BCUT2D eigenvalue weighted by atomic mass is 15.2. The molecule has 0 aromatic heterocycles. The molecule has 1 saturated carbocycles. The van der Waals surface area contributed by atoms with E-state index in [9.17, 15) is 0 Å². The molecule has 0 aromatic carbocycles.